The lowest BCUT2D eigenvalue weighted by molar-refractivity contribution is 0.545. The molecule has 9 heavy (non-hydrogen) atoms. The summed E-state index contributed by atoms with van der Waals surface area (Å²) in [5, 5.41) is 0. The summed E-state index contributed by atoms with van der Waals surface area (Å²) in [6.07, 6.45) is 2.33. The van der Waals surface area contributed by atoms with Crippen molar-refractivity contribution < 1.29 is 0 Å². The Morgan fingerprint density at radius 1 is 1.11 bits per heavy atom. The highest BCUT2D eigenvalue weighted by Crippen LogP contribution is 2.62. The Hall–Kier alpha value is -0.440. The van der Waals surface area contributed by atoms with Gasteiger partial charge in [-0.05, 0) is 17.3 Å². The van der Waals surface area contributed by atoms with Crippen LogP contribution >= 0.6 is 0 Å². The summed E-state index contributed by atoms with van der Waals surface area (Å²) in [5.74, 6) is 8.25. The van der Waals surface area contributed by atoms with Crippen LogP contribution in [0, 0.1) is 29.1 Å². The van der Waals surface area contributed by atoms with Crippen LogP contribution in [0.5, 0.6) is 0 Å². The summed E-state index contributed by atoms with van der Waals surface area (Å²) < 4.78 is 0. The second-order valence-electron chi connectivity index (χ2n) is 3.80. The van der Waals surface area contributed by atoms with Gasteiger partial charge in [0.1, 0.15) is 0 Å². The fourth-order valence-electron chi connectivity index (χ4n) is 2.03. The largest absolute Gasteiger partial charge is 0.103 e. The molecule has 0 aliphatic heterocycles. The summed E-state index contributed by atoms with van der Waals surface area (Å²) in [5.41, 5.74) is 0.622. The van der Waals surface area contributed by atoms with Crippen LogP contribution in [0.3, 0.4) is 0 Å². The van der Waals surface area contributed by atoms with E-state index in [1.54, 1.807) is 0 Å². The van der Waals surface area contributed by atoms with E-state index in [0.717, 1.165) is 24.7 Å². The van der Waals surface area contributed by atoms with E-state index < -0.39 is 0 Å². The van der Waals surface area contributed by atoms with E-state index in [2.05, 4.69) is 25.7 Å². The van der Waals surface area contributed by atoms with Gasteiger partial charge in [-0.1, -0.05) is 13.8 Å². The van der Waals surface area contributed by atoms with Crippen LogP contribution in [0.1, 0.15) is 26.7 Å². The monoisotopic (exact) mass is 120 g/mol. The fourth-order valence-corrected chi connectivity index (χ4v) is 2.03. The minimum Gasteiger partial charge on any atom is -0.103 e. The van der Waals surface area contributed by atoms with Crippen LogP contribution in [-0.4, -0.2) is 0 Å². The fraction of sp³-hybridized carbons (Fsp3) is 0.778. The molecule has 2 atom stereocenters. The van der Waals surface area contributed by atoms with Crippen LogP contribution in [0.4, 0.5) is 0 Å². The number of fused-ring (bicyclic) bond motifs is 1. The average Bonchev–Trinajstić information content (AvgIpc) is 2.39. The zero-order valence-electron chi connectivity index (χ0n) is 6.07. The highest BCUT2D eigenvalue weighted by Gasteiger charge is 2.56. The molecule has 0 heteroatoms. The van der Waals surface area contributed by atoms with Crippen molar-refractivity contribution in [1.29, 1.82) is 0 Å². The van der Waals surface area contributed by atoms with E-state index in [-0.39, 0.29) is 0 Å². The maximum atomic E-state index is 3.18. The summed E-state index contributed by atoms with van der Waals surface area (Å²) in [6.45, 7) is 4.72. The molecule has 0 aromatic carbocycles. The van der Waals surface area contributed by atoms with Gasteiger partial charge in [0, 0.05) is 12.8 Å². The molecule has 0 spiro atoms. The van der Waals surface area contributed by atoms with E-state index in [1.807, 2.05) is 0 Å². The summed E-state index contributed by atoms with van der Waals surface area (Å²) >= 11 is 0. The van der Waals surface area contributed by atoms with Gasteiger partial charge in [0.2, 0.25) is 0 Å². The topological polar surface area (TPSA) is 0 Å². The van der Waals surface area contributed by atoms with E-state index in [4.69, 9.17) is 0 Å². The first-order valence-electron chi connectivity index (χ1n) is 3.68. The zero-order valence-corrected chi connectivity index (χ0v) is 6.07. The molecule has 2 aliphatic rings. The third kappa shape index (κ3) is 0.553. The maximum absolute atomic E-state index is 3.18. The number of rotatable bonds is 0. The molecule has 2 aliphatic carbocycles. The van der Waals surface area contributed by atoms with Crippen molar-refractivity contribution >= 4 is 0 Å². The molecule has 1 saturated carbocycles. The Morgan fingerprint density at radius 2 is 1.56 bits per heavy atom. The van der Waals surface area contributed by atoms with Crippen molar-refractivity contribution in [2.24, 2.45) is 17.3 Å². The lowest BCUT2D eigenvalue weighted by Crippen LogP contribution is -1.88. The first kappa shape index (κ1) is 5.35. The Balaban J connectivity index is 2.17. The normalized spacial score (nSPS) is 42.4. The Labute approximate surface area is 56.6 Å². The Kier molecular flexibility index (Phi) is 0.799. The SMILES string of the molecule is CC1(C)C2CC#CCC21. The quantitative estimate of drug-likeness (QED) is 0.429. The first-order chi connectivity index (χ1) is 4.23. The van der Waals surface area contributed by atoms with Crippen molar-refractivity contribution in [2.75, 3.05) is 0 Å². The molecule has 0 bridgehead atoms. The van der Waals surface area contributed by atoms with Crippen molar-refractivity contribution in [3.05, 3.63) is 0 Å². The van der Waals surface area contributed by atoms with Gasteiger partial charge in [0.15, 0.2) is 0 Å². The second kappa shape index (κ2) is 1.34. The van der Waals surface area contributed by atoms with Gasteiger partial charge in [0.25, 0.3) is 0 Å². The van der Waals surface area contributed by atoms with Gasteiger partial charge in [0.05, 0.1) is 0 Å². The van der Waals surface area contributed by atoms with Crippen molar-refractivity contribution in [2.45, 2.75) is 26.7 Å². The predicted octanol–water partition coefficient (Wildman–Crippen LogP) is 2.06. The van der Waals surface area contributed by atoms with Gasteiger partial charge in [-0.25, -0.2) is 0 Å². The van der Waals surface area contributed by atoms with Gasteiger partial charge < -0.3 is 0 Å². The van der Waals surface area contributed by atoms with Crippen LogP contribution in [-0.2, 0) is 0 Å². The van der Waals surface area contributed by atoms with Crippen molar-refractivity contribution in [1.82, 2.24) is 0 Å². The standard InChI is InChI=1S/C9H12/c1-9(2)7-5-3-4-6-8(7)9/h7-8H,5-6H2,1-2H3. The highest BCUT2D eigenvalue weighted by molar-refractivity contribution is 5.20. The van der Waals surface area contributed by atoms with E-state index in [9.17, 15) is 0 Å². The van der Waals surface area contributed by atoms with E-state index >= 15 is 0 Å². The van der Waals surface area contributed by atoms with Crippen LogP contribution in [0.25, 0.3) is 0 Å². The third-order valence-electron chi connectivity index (χ3n) is 3.06. The van der Waals surface area contributed by atoms with E-state index in [0.29, 0.717) is 5.41 Å². The summed E-state index contributed by atoms with van der Waals surface area (Å²) in [4.78, 5) is 0. The molecule has 2 rings (SSSR count). The molecule has 0 heterocycles. The Bertz CT molecular complexity index is 172. The molecular weight excluding hydrogens is 108 g/mol. The lowest BCUT2D eigenvalue weighted by atomic mass is 10.1. The highest BCUT2D eigenvalue weighted by atomic mass is 14.6. The lowest BCUT2D eigenvalue weighted by Gasteiger charge is -1.95. The molecule has 0 N–H and O–H groups in total. The van der Waals surface area contributed by atoms with Gasteiger partial charge >= 0.3 is 0 Å². The zero-order chi connectivity index (χ0) is 6.48. The molecule has 2 unspecified atom stereocenters. The summed E-state index contributed by atoms with van der Waals surface area (Å²) in [6, 6.07) is 0. The van der Waals surface area contributed by atoms with Gasteiger partial charge in [-0.3, -0.25) is 0 Å². The molecule has 0 saturated heterocycles. The molecule has 48 valence electrons. The minimum absolute atomic E-state index is 0.622. The molecular formula is C9H12. The van der Waals surface area contributed by atoms with Gasteiger partial charge in [-0.15, -0.1) is 11.8 Å². The second-order valence-corrected chi connectivity index (χ2v) is 3.80. The molecule has 0 radical (unpaired) electrons. The molecule has 0 aromatic rings. The smallest absolute Gasteiger partial charge is 0.0125 e. The molecule has 1 fully saturated rings. The maximum Gasteiger partial charge on any atom is 0.0125 e. The summed E-state index contributed by atoms with van der Waals surface area (Å²) in [7, 11) is 0. The van der Waals surface area contributed by atoms with Crippen molar-refractivity contribution in [3.63, 3.8) is 0 Å². The average molecular weight is 120 g/mol. The predicted molar refractivity (Wildman–Crippen MR) is 37.8 cm³/mol. The number of hydrogen-bond acceptors (Lipinski definition) is 0. The van der Waals surface area contributed by atoms with Crippen LogP contribution in [0.2, 0.25) is 0 Å². The first-order valence-corrected chi connectivity index (χ1v) is 3.68. The number of hydrogen-bond donors (Lipinski definition) is 0. The third-order valence-corrected chi connectivity index (χ3v) is 3.06. The van der Waals surface area contributed by atoms with Crippen LogP contribution < -0.4 is 0 Å². The van der Waals surface area contributed by atoms with Crippen molar-refractivity contribution in [3.8, 4) is 11.8 Å². The molecule has 0 nitrogen and oxygen atoms in total. The Morgan fingerprint density at radius 3 is 1.89 bits per heavy atom. The minimum atomic E-state index is 0.622. The molecule has 0 amide bonds. The van der Waals surface area contributed by atoms with Gasteiger partial charge in [-0.2, -0.15) is 0 Å². The van der Waals surface area contributed by atoms with E-state index in [1.165, 1.54) is 0 Å². The molecule has 0 aromatic heterocycles. The van der Waals surface area contributed by atoms with Crippen LogP contribution in [0.15, 0.2) is 0 Å².